The Morgan fingerprint density at radius 3 is 2.73 bits per heavy atom. The van der Waals surface area contributed by atoms with E-state index < -0.39 is 5.60 Å². The molecule has 0 saturated heterocycles. The van der Waals surface area contributed by atoms with Crippen LogP contribution in [0.3, 0.4) is 0 Å². The molecule has 0 amide bonds. The lowest BCUT2D eigenvalue weighted by atomic mass is 9.82. The molecule has 2 aromatic heterocycles. The van der Waals surface area contributed by atoms with Gasteiger partial charge in [0.1, 0.15) is 5.52 Å². The van der Waals surface area contributed by atoms with Gasteiger partial charge in [0.05, 0.1) is 23.1 Å². The number of carbonyl (C=O) groups is 1. The third kappa shape index (κ3) is 4.50. The minimum absolute atomic E-state index is 0.114. The van der Waals surface area contributed by atoms with Crippen LogP contribution in [0.4, 0.5) is 0 Å². The van der Waals surface area contributed by atoms with Crippen LogP contribution in [0.25, 0.3) is 11.2 Å². The standard InChI is InChI=1S/C21H31N3O2/c1-4-5-7-15(21(2,3)26)8-6-9-18(25)16-12-22-20-19(16)24-17(13-23-20)14-10-11-14/h12-15,26H,4-11H2,1-3H3,(H,22,23). The largest absolute Gasteiger partial charge is 0.390 e. The number of nitrogens with one attached hydrogen (secondary N) is 1. The van der Waals surface area contributed by atoms with Gasteiger partial charge in [-0.1, -0.05) is 19.8 Å². The summed E-state index contributed by atoms with van der Waals surface area (Å²) in [6.45, 7) is 5.92. The highest BCUT2D eigenvalue weighted by atomic mass is 16.3. The molecule has 2 heterocycles. The average molecular weight is 357 g/mol. The zero-order valence-corrected chi connectivity index (χ0v) is 16.2. The maximum absolute atomic E-state index is 12.7. The molecule has 0 radical (unpaired) electrons. The van der Waals surface area contributed by atoms with Gasteiger partial charge in [-0.25, -0.2) is 9.97 Å². The molecule has 1 fully saturated rings. The van der Waals surface area contributed by atoms with Crippen molar-refractivity contribution < 1.29 is 9.90 Å². The van der Waals surface area contributed by atoms with E-state index in [1.54, 1.807) is 6.20 Å². The smallest absolute Gasteiger partial charge is 0.166 e. The molecule has 1 atom stereocenters. The number of ketones is 1. The highest BCUT2D eigenvalue weighted by molar-refractivity contribution is 6.05. The van der Waals surface area contributed by atoms with Gasteiger partial charge in [-0.15, -0.1) is 0 Å². The minimum atomic E-state index is -0.691. The number of hydrogen-bond donors (Lipinski definition) is 2. The summed E-state index contributed by atoms with van der Waals surface area (Å²) >= 11 is 0. The average Bonchev–Trinajstić information content (AvgIpc) is 3.35. The summed E-state index contributed by atoms with van der Waals surface area (Å²) in [4.78, 5) is 24.9. The van der Waals surface area contributed by atoms with Crippen molar-refractivity contribution >= 4 is 16.9 Å². The van der Waals surface area contributed by atoms with Crippen LogP contribution in [0.15, 0.2) is 12.4 Å². The Kier molecular flexibility index (Phi) is 5.76. The molecule has 5 heteroatoms. The maximum Gasteiger partial charge on any atom is 0.166 e. The second-order valence-electron chi connectivity index (χ2n) is 8.28. The second-order valence-corrected chi connectivity index (χ2v) is 8.28. The number of Topliss-reactive ketones (excluding diaryl/α,β-unsaturated/α-hetero) is 1. The maximum atomic E-state index is 12.7. The molecular weight excluding hydrogens is 326 g/mol. The fraction of sp³-hybridized carbons (Fsp3) is 0.667. The first-order valence-electron chi connectivity index (χ1n) is 9.99. The van der Waals surface area contributed by atoms with E-state index in [2.05, 4.69) is 21.9 Å². The van der Waals surface area contributed by atoms with E-state index in [0.717, 1.165) is 37.8 Å². The summed E-state index contributed by atoms with van der Waals surface area (Å²) in [5.41, 5.74) is 2.37. The summed E-state index contributed by atoms with van der Waals surface area (Å²) < 4.78 is 0. The zero-order chi connectivity index (χ0) is 18.7. The van der Waals surface area contributed by atoms with Gasteiger partial charge < -0.3 is 10.1 Å². The normalized spacial score (nSPS) is 16.2. The van der Waals surface area contributed by atoms with Crippen LogP contribution in [0.1, 0.15) is 94.1 Å². The Labute approximate surface area is 155 Å². The number of aromatic nitrogens is 3. The molecule has 0 aliphatic heterocycles. The third-order valence-corrected chi connectivity index (χ3v) is 5.56. The number of unbranched alkanes of at least 4 members (excludes halogenated alkanes) is 1. The summed E-state index contributed by atoms with van der Waals surface area (Å²) in [5.74, 6) is 0.874. The van der Waals surface area contributed by atoms with Crippen LogP contribution in [0.2, 0.25) is 0 Å². The van der Waals surface area contributed by atoms with Crippen LogP contribution in [-0.4, -0.2) is 31.4 Å². The molecule has 5 nitrogen and oxygen atoms in total. The van der Waals surface area contributed by atoms with Gasteiger partial charge in [0.25, 0.3) is 0 Å². The van der Waals surface area contributed by atoms with Crippen LogP contribution < -0.4 is 0 Å². The molecule has 1 saturated carbocycles. The van der Waals surface area contributed by atoms with Gasteiger partial charge >= 0.3 is 0 Å². The second kappa shape index (κ2) is 7.87. The van der Waals surface area contributed by atoms with Crippen LogP contribution in [0.5, 0.6) is 0 Å². The van der Waals surface area contributed by atoms with E-state index >= 15 is 0 Å². The summed E-state index contributed by atoms with van der Waals surface area (Å²) in [7, 11) is 0. The first kappa shape index (κ1) is 19.0. The van der Waals surface area contributed by atoms with Gasteiger partial charge in [-0.2, -0.15) is 0 Å². The molecule has 1 unspecified atom stereocenters. The molecule has 1 aliphatic carbocycles. The van der Waals surface area contributed by atoms with Crippen LogP contribution in [0, 0.1) is 5.92 Å². The van der Waals surface area contributed by atoms with Gasteiger partial charge in [-0.3, -0.25) is 4.79 Å². The van der Waals surface area contributed by atoms with E-state index in [-0.39, 0.29) is 11.7 Å². The molecule has 3 rings (SSSR count). The number of carbonyl (C=O) groups excluding carboxylic acids is 1. The van der Waals surface area contributed by atoms with Crippen molar-refractivity contribution in [1.82, 2.24) is 15.0 Å². The number of hydrogen-bond acceptors (Lipinski definition) is 4. The van der Waals surface area contributed by atoms with Gasteiger partial charge in [-0.05, 0) is 51.9 Å². The topological polar surface area (TPSA) is 78.9 Å². The fourth-order valence-corrected chi connectivity index (χ4v) is 3.64. The Morgan fingerprint density at radius 2 is 2.08 bits per heavy atom. The Hall–Kier alpha value is -1.75. The highest BCUT2D eigenvalue weighted by Crippen LogP contribution is 2.39. The fourth-order valence-electron chi connectivity index (χ4n) is 3.64. The highest BCUT2D eigenvalue weighted by Gasteiger charge is 2.27. The van der Waals surface area contributed by atoms with Crippen LogP contribution in [-0.2, 0) is 0 Å². The zero-order valence-electron chi connectivity index (χ0n) is 16.2. The Balaban J connectivity index is 1.62. The summed E-state index contributed by atoms with van der Waals surface area (Å²) in [6.07, 6.45) is 11.3. The lowest BCUT2D eigenvalue weighted by Crippen LogP contribution is -2.30. The number of rotatable bonds is 10. The summed E-state index contributed by atoms with van der Waals surface area (Å²) in [5, 5.41) is 10.4. The third-order valence-electron chi connectivity index (χ3n) is 5.56. The van der Waals surface area contributed by atoms with Gasteiger partial charge in [0.2, 0.25) is 0 Å². The predicted octanol–water partition coefficient (Wildman–Crippen LogP) is 4.77. The molecule has 0 bridgehead atoms. The Bertz CT molecular complexity index is 756. The number of aromatic amines is 1. The lowest BCUT2D eigenvalue weighted by Gasteiger charge is -2.29. The lowest BCUT2D eigenvalue weighted by molar-refractivity contribution is 0.00743. The van der Waals surface area contributed by atoms with E-state index in [9.17, 15) is 9.90 Å². The molecule has 0 aromatic carbocycles. The molecule has 0 spiro atoms. The van der Waals surface area contributed by atoms with E-state index in [4.69, 9.17) is 0 Å². The summed E-state index contributed by atoms with van der Waals surface area (Å²) in [6, 6.07) is 0. The molecular formula is C21H31N3O2. The number of H-pyrrole nitrogens is 1. The van der Waals surface area contributed by atoms with Crippen molar-refractivity contribution in [1.29, 1.82) is 0 Å². The van der Waals surface area contributed by atoms with Crippen molar-refractivity contribution in [3.05, 3.63) is 23.7 Å². The van der Waals surface area contributed by atoms with Crippen LogP contribution >= 0.6 is 0 Å². The van der Waals surface area contributed by atoms with Crippen molar-refractivity contribution in [2.45, 2.75) is 83.7 Å². The number of nitrogens with zero attached hydrogens (tertiary/aromatic N) is 2. The first-order valence-corrected chi connectivity index (χ1v) is 9.99. The number of aliphatic hydroxyl groups is 1. The quantitative estimate of drug-likeness (QED) is 0.601. The minimum Gasteiger partial charge on any atom is -0.390 e. The van der Waals surface area contributed by atoms with Gasteiger partial charge in [0, 0.05) is 18.5 Å². The molecule has 2 N–H and O–H groups in total. The van der Waals surface area contributed by atoms with Crippen molar-refractivity contribution in [3.8, 4) is 0 Å². The molecule has 1 aliphatic rings. The van der Waals surface area contributed by atoms with Crippen molar-refractivity contribution in [2.75, 3.05) is 0 Å². The molecule has 2 aromatic rings. The molecule has 142 valence electrons. The van der Waals surface area contributed by atoms with E-state index in [1.807, 2.05) is 20.0 Å². The monoisotopic (exact) mass is 357 g/mol. The van der Waals surface area contributed by atoms with E-state index in [0.29, 0.717) is 29.1 Å². The van der Waals surface area contributed by atoms with Crippen molar-refractivity contribution in [3.63, 3.8) is 0 Å². The molecule has 26 heavy (non-hydrogen) atoms. The van der Waals surface area contributed by atoms with Gasteiger partial charge in [0.15, 0.2) is 11.4 Å². The van der Waals surface area contributed by atoms with E-state index in [1.165, 1.54) is 12.8 Å². The Morgan fingerprint density at radius 1 is 1.35 bits per heavy atom. The predicted molar refractivity (Wildman–Crippen MR) is 103 cm³/mol. The van der Waals surface area contributed by atoms with Crippen molar-refractivity contribution in [2.24, 2.45) is 5.92 Å². The number of fused-ring (bicyclic) bond motifs is 1. The SMILES string of the molecule is CCCCC(CCCC(=O)c1c[nH]c2ncc(C3CC3)nc12)C(C)(C)O. The first-order chi connectivity index (χ1) is 12.4.